The molecule has 3 aliphatic carbocycles. The zero-order valence-electron chi connectivity index (χ0n) is 17.5. The molecular weight excluding hydrogens is 390 g/mol. The van der Waals surface area contributed by atoms with Gasteiger partial charge in [0.2, 0.25) is 17.7 Å². The molecule has 1 aromatic heterocycles. The van der Waals surface area contributed by atoms with Crippen LogP contribution in [-0.4, -0.2) is 33.6 Å². The zero-order valence-corrected chi connectivity index (χ0v) is 17.5. The standard InChI is InChI=1S/C25H27N3O3/c29-23(27-19-5-1-3-14-4-2-12-26-22(14)19)15-8-10-18(11-9-15)28-24(30)20-16-6-7-17(13-16)21(20)25(28)31/h1-5,12,15-18,20-21H,6-11,13H2,(H,27,29). The number of likely N-dealkylation sites (tertiary alicyclic amines) is 1. The molecule has 31 heavy (non-hydrogen) atoms. The van der Waals surface area contributed by atoms with E-state index in [-0.39, 0.29) is 41.5 Å². The van der Waals surface area contributed by atoms with Crippen molar-refractivity contribution in [3.05, 3.63) is 36.5 Å². The van der Waals surface area contributed by atoms with Gasteiger partial charge in [-0.1, -0.05) is 18.2 Å². The average Bonchev–Trinajstić information content (AvgIpc) is 3.48. The number of carbonyl (C=O) groups is 3. The van der Waals surface area contributed by atoms with Gasteiger partial charge in [0.05, 0.1) is 23.0 Å². The van der Waals surface area contributed by atoms with Gasteiger partial charge < -0.3 is 5.32 Å². The Bertz CT molecular complexity index is 1040. The second-order valence-corrected chi connectivity index (χ2v) is 9.81. The second-order valence-electron chi connectivity index (χ2n) is 9.81. The fourth-order valence-corrected chi connectivity index (χ4v) is 6.83. The highest BCUT2D eigenvalue weighted by atomic mass is 16.2. The molecule has 4 atom stereocenters. The van der Waals surface area contributed by atoms with E-state index < -0.39 is 0 Å². The van der Waals surface area contributed by atoms with E-state index in [9.17, 15) is 14.4 Å². The van der Waals surface area contributed by atoms with Crippen molar-refractivity contribution in [1.29, 1.82) is 0 Å². The lowest BCUT2D eigenvalue weighted by molar-refractivity contribution is -0.144. The number of benzene rings is 1. The van der Waals surface area contributed by atoms with Crippen molar-refractivity contribution in [2.75, 3.05) is 5.32 Å². The number of nitrogens with one attached hydrogen (secondary N) is 1. The molecule has 6 nitrogen and oxygen atoms in total. The first kappa shape index (κ1) is 19.0. The Hall–Kier alpha value is -2.76. The van der Waals surface area contributed by atoms with E-state index in [0.29, 0.717) is 24.7 Å². The van der Waals surface area contributed by atoms with Gasteiger partial charge in [-0.05, 0) is 68.9 Å². The van der Waals surface area contributed by atoms with E-state index in [1.807, 2.05) is 30.3 Å². The van der Waals surface area contributed by atoms with Crippen LogP contribution >= 0.6 is 0 Å². The molecule has 3 saturated carbocycles. The summed E-state index contributed by atoms with van der Waals surface area (Å²) in [5.74, 6) is 0.816. The van der Waals surface area contributed by atoms with E-state index in [0.717, 1.165) is 48.7 Å². The Labute approximate surface area is 181 Å². The molecule has 1 saturated heterocycles. The quantitative estimate of drug-likeness (QED) is 0.771. The molecule has 4 fully saturated rings. The lowest BCUT2D eigenvalue weighted by atomic mass is 9.81. The van der Waals surface area contributed by atoms with Crippen molar-refractivity contribution >= 4 is 34.3 Å². The third-order valence-corrected chi connectivity index (χ3v) is 8.28. The van der Waals surface area contributed by atoms with Gasteiger partial charge in [0.1, 0.15) is 0 Å². The number of carbonyl (C=O) groups excluding carboxylic acids is 3. The van der Waals surface area contributed by atoms with Gasteiger partial charge in [-0.25, -0.2) is 0 Å². The molecular formula is C25H27N3O3. The predicted octanol–water partition coefficient (Wildman–Crippen LogP) is 3.76. The fourth-order valence-electron chi connectivity index (χ4n) is 6.83. The summed E-state index contributed by atoms with van der Waals surface area (Å²) in [6, 6.07) is 9.62. The number of para-hydroxylation sites is 1. The Morgan fingerprint density at radius 3 is 2.29 bits per heavy atom. The first-order chi connectivity index (χ1) is 15.1. The predicted molar refractivity (Wildman–Crippen MR) is 116 cm³/mol. The Morgan fingerprint density at radius 2 is 1.58 bits per heavy atom. The summed E-state index contributed by atoms with van der Waals surface area (Å²) >= 11 is 0. The molecule has 6 rings (SSSR count). The lowest BCUT2D eigenvalue weighted by Crippen LogP contribution is -2.44. The highest BCUT2D eigenvalue weighted by Gasteiger charge is 2.61. The minimum absolute atomic E-state index is 0.00518. The van der Waals surface area contributed by atoms with Crippen molar-refractivity contribution < 1.29 is 14.4 Å². The number of amides is 3. The number of pyridine rings is 1. The number of imide groups is 1. The Balaban J connectivity index is 1.12. The van der Waals surface area contributed by atoms with Gasteiger partial charge in [-0.2, -0.15) is 0 Å². The van der Waals surface area contributed by atoms with Crippen LogP contribution in [0.4, 0.5) is 5.69 Å². The van der Waals surface area contributed by atoms with Crippen LogP contribution < -0.4 is 5.32 Å². The maximum Gasteiger partial charge on any atom is 0.233 e. The molecule has 6 heteroatoms. The van der Waals surface area contributed by atoms with Crippen molar-refractivity contribution in [3.63, 3.8) is 0 Å². The van der Waals surface area contributed by atoms with Gasteiger partial charge in [0.15, 0.2) is 0 Å². The first-order valence-corrected chi connectivity index (χ1v) is 11.6. The number of aromatic nitrogens is 1. The average molecular weight is 418 g/mol. The third kappa shape index (κ3) is 2.91. The van der Waals surface area contributed by atoms with Crippen molar-refractivity contribution in [3.8, 4) is 0 Å². The van der Waals surface area contributed by atoms with E-state index in [1.54, 1.807) is 11.1 Å². The van der Waals surface area contributed by atoms with Gasteiger partial charge >= 0.3 is 0 Å². The zero-order chi connectivity index (χ0) is 21.1. The Morgan fingerprint density at radius 1 is 0.903 bits per heavy atom. The number of rotatable bonds is 3. The van der Waals surface area contributed by atoms with Crippen LogP contribution in [-0.2, 0) is 14.4 Å². The smallest absolute Gasteiger partial charge is 0.233 e. The SMILES string of the molecule is O=C(Nc1cccc2cccnc12)C1CCC(N2C(=O)C3C4CCC(C4)C3C2=O)CC1. The molecule has 1 aromatic carbocycles. The second kappa shape index (κ2) is 7.14. The number of hydrogen-bond acceptors (Lipinski definition) is 4. The van der Waals surface area contributed by atoms with E-state index >= 15 is 0 Å². The highest BCUT2D eigenvalue weighted by Crippen LogP contribution is 2.56. The summed E-state index contributed by atoms with van der Waals surface area (Å²) in [5, 5.41) is 4.05. The fraction of sp³-hybridized carbons (Fsp3) is 0.520. The van der Waals surface area contributed by atoms with Crippen molar-refractivity contribution in [2.24, 2.45) is 29.6 Å². The number of hydrogen-bond donors (Lipinski definition) is 1. The molecule has 1 N–H and O–H groups in total. The van der Waals surface area contributed by atoms with E-state index in [4.69, 9.17) is 0 Å². The highest BCUT2D eigenvalue weighted by molar-refractivity contribution is 6.06. The van der Waals surface area contributed by atoms with Crippen LogP contribution in [0.15, 0.2) is 36.5 Å². The monoisotopic (exact) mass is 417 g/mol. The summed E-state index contributed by atoms with van der Waals surface area (Å²) < 4.78 is 0. The third-order valence-electron chi connectivity index (χ3n) is 8.28. The molecule has 0 radical (unpaired) electrons. The number of fused-ring (bicyclic) bond motifs is 6. The van der Waals surface area contributed by atoms with Crippen molar-refractivity contribution in [1.82, 2.24) is 9.88 Å². The number of anilines is 1. The van der Waals surface area contributed by atoms with E-state index in [1.165, 1.54) is 0 Å². The molecule has 160 valence electrons. The Kier molecular flexibility index (Phi) is 4.37. The topological polar surface area (TPSA) is 79.4 Å². The minimum Gasteiger partial charge on any atom is -0.324 e. The first-order valence-electron chi connectivity index (χ1n) is 11.6. The summed E-state index contributed by atoms with van der Waals surface area (Å²) in [7, 11) is 0. The summed E-state index contributed by atoms with van der Waals surface area (Å²) in [6.45, 7) is 0. The maximum atomic E-state index is 13.1. The molecule has 0 spiro atoms. The molecule has 4 unspecified atom stereocenters. The van der Waals surface area contributed by atoms with E-state index in [2.05, 4.69) is 10.3 Å². The molecule has 2 heterocycles. The largest absolute Gasteiger partial charge is 0.324 e. The molecule has 4 aliphatic rings. The number of nitrogens with zero attached hydrogens (tertiary/aromatic N) is 2. The van der Waals surface area contributed by atoms with Crippen LogP contribution in [0.2, 0.25) is 0 Å². The van der Waals surface area contributed by atoms with Gasteiger partial charge in [-0.3, -0.25) is 24.3 Å². The van der Waals surface area contributed by atoms with Crippen LogP contribution in [0.5, 0.6) is 0 Å². The van der Waals surface area contributed by atoms with Gasteiger partial charge in [0.25, 0.3) is 0 Å². The van der Waals surface area contributed by atoms with Gasteiger partial charge in [-0.15, -0.1) is 0 Å². The lowest BCUT2D eigenvalue weighted by Gasteiger charge is -2.33. The van der Waals surface area contributed by atoms with Crippen LogP contribution in [0.25, 0.3) is 10.9 Å². The van der Waals surface area contributed by atoms with Crippen LogP contribution in [0.1, 0.15) is 44.9 Å². The van der Waals surface area contributed by atoms with Crippen LogP contribution in [0, 0.1) is 29.6 Å². The minimum atomic E-state index is -0.0984. The molecule has 2 aromatic rings. The normalized spacial score (nSPS) is 34.4. The summed E-state index contributed by atoms with van der Waals surface area (Å²) in [6.07, 6.45) is 7.85. The summed E-state index contributed by atoms with van der Waals surface area (Å²) in [5.41, 5.74) is 1.53. The molecule has 1 aliphatic heterocycles. The van der Waals surface area contributed by atoms with Gasteiger partial charge in [0, 0.05) is 23.5 Å². The maximum absolute atomic E-state index is 13.1. The molecule has 3 amide bonds. The van der Waals surface area contributed by atoms with Crippen molar-refractivity contribution in [2.45, 2.75) is 51.0 Å². The summed E-state index contributed by atoms with van der Waals surface area (Å²) in [4.78, 5) is 45.1. The van der Waals surface area contributed by atoms with Crippen LogP contribution in [0.3, 0.4) is 0 Å². The molecule has 2 bridgehead atoms.